The Balaban J connectivity index is 1.68. The van der Waals surface area contributed by atoms with Gasteiger partial charge < -0.3 is 14.6 Å². The number of piperidine rings is 1. The Kier molecular flexibility index (Phi) is 6.83. The van der Waals surface area contributed by atoms with Crippen LogP contribution in [0.5, 0.6) is 11.5 Å². The van der Waals surface area contributed by atoms with Crippen molar-refractivity contribution in [2.75, 3.05) is 39.5 Å². The molecule has 0 radical (unpaired) electrons. The Morgan fingerprint density at radius 2 is 1.90 bits per heavy atom. The molecule has 0 spiro atoms. The second-order valence-corrected chi connectivity index (χ2v) is 5.57. The minimum atomic E-state index is 0.307. The summed E-state index contributed by atoms with van der Waals surface area (Å²) in [5, 5.41) is 9.04. The third kappa shape index (κ3) is 5.56. The van der Waals surface area contributed by atoms with Gasteiger partial charge in [0.05, 0.1) is 6.61 Å². The van der Waals surface area contributed by atoms with Gasteiger partial charge in [-0.05, 0) is 62.9 Å². The van der Waals surface area contributed by atoms with Crippen LogP contribution < -0.4 is 9.47 Å². The minimum absolute atomic E-state index is 0.307. The first-order valence-electron chi connectivity index (χ1n) is 8.00. The Morgan fingerprint density at radius 1 is 1.19 bits per heavy atom. The highest BCUT2D eigenvalue weighted by atomic mass is 16.5. The molecule has 1 aliphatic rings. The SMILES string of the molecule is CCOc1ccc(OCCN2CCCC(CCO)C2)cc1. The molecule has 1 fully saturated rings. The van der Waals surface area contributed by atoms with Crippen molar-refractivity contribution in [3.63, 3.8) is 0 Å². The van der Waals surface area contributed by atoms with Crippen molar-refractivity contribution in [3.8, 4) is 11.5 Å². The smallest absolute Gasteiger partial charge is 0.119 e. The molecule has 4 heteroatoms. The fourth-order valence-electron chi connectivity index (χ4n) is 2.86. The predicted octanol–water partition coefficient (Wildman–Crippen LogP) is 2.56. The van der Waals surface area contributed by atoms with Gasteiger partial charge in [0.25, 0.3) is 0 Å². The molecule has 1 aromatic carbocycles. The van der Waals surface area contributed by atoms with Gasteiger partial charge >= 0.3 is 0 Å². The van der Waals surface area contributed by atoms with Gasteiger partial charge in [0, 0.05) is 19.7 Å². The summed E-state index contributed by atoms with van der Waals surface area (Å²) < 4.78 is 11.2. The topological polar surface area (TPSA) is 41.9 Å². The number of nitrogens with zero attached hydrogens (tertiary/aromatic N) is 1. The van der Waals surface area contributed by atoms with Crippen LogP contribution in [0.15, 0.2) is 24.3 Å². The first-order valence-corrected chi connectivity index (χ1v) is 8.00. The summed E-state index contributed by atoms with van der Waals surface area (Å²) in [7, 11) is 0. The first-order chi connectivity index (χ1) is 10.3. The van der Waals surface area contributed by atoms with E-state index < -0.39 is 0 Å². The number of ether oxygens (including phenoxy) is 2. The molecule has 2 rings (SSSR count). The van der Waals surface area contributed by atoms with Crippen LogP contribution in [0.4, 0.5) is 0 Å². The Bertz CT molecular complexity index is 392. The number of aliphatic hydroxyl groups is 1. The maximum absolute atomic E-state index is 9.04. The standard InChI is InChI=1S/C17H27NO3/c1-2-20-16-5-7-17(8-6-16)21-13-11-18-10-3-4-15(14-18)9-12-19/h5-8,15,19H,2-4,9-14H2,1H3. The summed E-state index contributed by atoms with van der Waals surface area (Å²) >= 11 is 0. The van der Waals surface area contributed by atoms with Crippen molar-refractivity contribution in [2.45, 2.75) is 26.2 Å². The van der Waals surface area contributed by atoms with Crippen LogP contribution >= 0.6 is 0 Å². The summed E-state index contributed by atoms with van der Waals surface area (Å²) in [5.41, 5.74) is 0. The third-order valence-corrected chi connectivity index (χ3v) is 3.95. The molecule has 4 nitrogen and oxygen atoms in total. The largest absolute Gasteiger partial charge is 0.494 e. The zero-order chi connectivity index (χ0) is 14.9. The Morgan fingerprint density at radius 3 is 2.57 bits per heavy atom. The molecule has 0 aromatic heterocycles. The average Bonchev–Trinajstić information content (AvgIpc) is 2.50. The van der Waals surface area contributed by atoms with Gasteiger partial charge in [0.15, 0.2) is 0 Å². The molecule has 0 aliphatic carbocycles. The third-order valence-electron chi connectivity index (χ3n) is 3.95. The van der Waals surface area contributed by atoms with E-state index in [-0.39, 0.29) is 0 Å². The van der Waals surface area contributed by atoms with E-state index in [0.717, 1.165) is 37.6 Å². The fraction of sp³-hybridized carbons (Fsp3) is 0.647. The predicted molar refractivity (Wildman–Crippen MR) is 84.0 cm³/mol. The van der Waals surface area contributed by atoms with E-state index in [9.17, 15) is 0 Å². The van der Waals surface area contributed by atoms with E-state index in [2.05, 4.69) is 4.90 Å². The van der Waals surface area contributed by atoms with Crippen molar-refractivity contribution in [1.82, 2.24) is 4.90 Å². The van der Waals surface area contributed by atoms with Crippen molar-refractivity contribution in [1.29, 1.82) is 0 Å². The molecular formula is C17H27NO3. The van der Waals surface area contributed by atoms with E-state index in [1.165, 1.54) is 12.8 Å². The van der Waals surface area contributed by atoms with Gasteiger partial charge in [-0.15, -0.1) is 0 Å². The van der Waals surface area contributed by atoms with Crippen LogP contribution in [0.3, 0.4) is 0 Å². The lowest BCUT2D eigenvalue weighted by Gasteiger charge is -2.32. The Hall–Kier alpha value is -1.26. The van der Waals surface area contributed by atoms with Crippen molar-refractivity contribution in [2.24, 2.45) is 5.92 Å². The van der Waals surface area contributed by atoms with E-state index in [4.69, 9.17) is 14.6 Å². The molecule has 1 saturated heterocycles. The van der Waals surface area contributed by atoms with Gasteiger partial charge in [-0.25, -0.2) is 0 Å². The number of benzene rings is 1. The molecule has 21 heavy (non-hydrogen) atoms. The molecule has 0 bridgehead atoms. The molecule has 118 valence electrons. The quantitative estimate of drug-likeness (QED) is 0.800. The molecule has 1 aromatic rings. The normalized spacial score (nSPS) is 19.4. The van der Waals surface area contributed by atoms with Crippen molar-refractivity contribution < 1.29 is 14.6 Å². The zero-order valence-corrected chi connectivity index (χ0v) is 13.0. The molecule has 1 aliphatic heterocycles. The maximum atomic E-state index is 9.04. The van der Waals surface area contributed by atoms with Crippen LogP contribution in [-0.2, 0) is 0 Å². The second kappa shape index (κ2) is 8.90. The van der Waals surface area contributed by atoms with Gasteiger partial charge in [-0.1, -0.05) is 0 Å². The number of rotatable bonds is 8. The number of hydrogen-bond donors (Lipinski definition) is 1. The van der Waals surface area contributed by atoms with E-state index in [0.29, 0.717) is 25.7 Å². The number of aliphatic hydroxyl groups excluding tert-OH is 1. The lowest BCUT2D eigenvalue weighted by atomic mass is 9.95. The fourth-order valence-corrected chi connectivity index (χ4v) is 2.86. The first kappa shape index (κ1) is 16.1. The van der Waals surface area contributed by atoms with Crippen molar-refractivity contribution >= 4 is 0 Å². The minimum Gasteiger partial charge on any atom is -0.494 e. The van der Waals surface area contributed by atoms with Gasteiger partial charge in [-0.2, -0.15) is 0 Å². The highest BCUT2D eigenvalue weighted by molar-refractivity contribution is 5.31. The molecule has 1 atom stereocenters. The maximum Gasteiger partial charge on any atom is 0.119 e. The molecule has 0 saturated carbocycles. The monoisotopic (exact) mass is 293 g/mol. The second-order valence-electron chi connectivity index (χ2n) is 5.57. The van der Waals surface area contributed by atoms with Crippen molar-refractivity contribution in [3.05, 3.63) is 24.3 Å². The number of hydrogen-bond acceptors (Lipinski definition) is 4. The molecular weight excluding hydrogens is 266 g/mol. The lowest BCUT2D eigenvalue weighted by molar-refractivity contribution is 0.129. The lowest BCUT2D eigenvalue weighted by Crippen LogP contribution is -2.38. The summed E-state index contributed by atoms with van der Waals surface area (Å²) in [6.07, 6.45) is 3.40. The summed E-state index contributed by atoms with van der Waals surface area (Å²) in [6, 6.07) is 7.79. The molecule has 0 amide bonds. The van der Waals surface area contributed by atoms with E-state index >= 15 is 0 Å². The van der Waals surface area contributed by atoms with Crippen LogP contribution in [-0.4, -0.2) is 49.5 Å². The van der Waals surface area contributed by atoms with Crippen LogP contribution in [0.1, 0.15) is 26.2 Å². The van der Waals surface area contributed by atoms with Gasteiger partial charge in [0.2, 0.25) is 0 Å². The molecule has 1 unspecified atom stereocenters. The van der Waals surface area contributed by atoms with Gasteiger partial charge in [-0.3, -0.25) is 4.90 Å². The molecule has 1 N–H and O–H groups in total. The summed E-state index contributed by atoms with van der Waals surface area (Å²) in [4.78, 5) is 2.44. The summed E-state index contributed by atoms with van der Waals surface area (Å²) in [5.74, 6) is 2.42. The van der Waals surface area contributed by atoms with Gasteiger partial charge in [0.1, 0.15) is 18.1 Å². The van der Waals surface area contributed by atoms with Crippen LogP contribution in [0, 0.1) is 5.92 Å². The zero-order valence-electron chi connectivity index (χ0n) is 13.0. The highest BCUT2D eigenvalue weighted by Gasteiger charge is 2.18. The van der Waals surface area contributed by atoms with E-state index in [1.54, 1.807) is 0 Å². The van der Waals surface area contributed by atoms with E-state index in [1.807, 2.05) is 31.2 Å². The number of likely N-dealkylation sites (tertiary alicyclic amines) is 1. The van der Waals surface area contributed by atoms with Crippen LogP contribution in [0.2, 0.25) is 0 Å². The highest BCUT2D eigenvalue weighted by Crippen LogP contribution is 2.20. The molecule has 1 heterocycles. The summed E-state index contributed by atoms with van der Waals surface area (Å²) in [6.45, 7) is 6.87. The Labute approximate surface area is 127 Å². The van der Waals surface area contributed by atoms with Crippen LogP contribution in [0.25, 0.3) is 0 Å². The average molecular weight is 293 g/mol.